The van der Waals surface area contributed by atoms with Crippen molar-refractivity contribution < 1.29 is 9.84 Å². The molecule has 2 heteroatoms. The molecule has 0 unspecified atom stereocenters. The molecular formula is C15H30O2. The second-order valence-corrected chi connectivity index (χ2v) is 5.33. The fraction of sp³-hybridized carbons (Fsp3) is 1.00. The first-order valence-electron chi connectivity index (χ1n) is 7.66. The van der Waals surface area contributed by atoms with Gasteiger partial charge in [-0.3, -0.25) is 0 Å². The number of aliphatic hydroxyl groups excluding tert-OH is 1. The van der Waals surface area contributed by atoms with Gasteiger partial charge in [-0.15, -0.1) is 0 Å². The predicted molar refractivity (Wildman–Crippen MR) is 72.2 cm³/mol. The highest BCUT2D eigenvalue weighted by Gasteiger charge is 2.12. The summed E-state index contributed by atoms with van der Waals surface area (Å²) in [6, 6.07) is 0. The second kappa shape index (κ2) is 11.0. The Hall–Kier alpha value is -0.0800. The van der Waals surface area contributed by atoms with Gasteiger partial charge in [0.05, 0.1) is 6.10 Å². The van der Waals surface area contributed by atoms with Crippen LogP contribution < -0.4 is 0 Å². The zero-order valence-electron chi connectivity index (χ0n) is 11.3. The first-order chi connectivity index (χ1) is 8.43. The van der Waals surface area contributed by atoms with Crippen LogP contribution in [0.3, 0.4) is 0 Å². The molecular weight excluding hydrogens is 212 g/mol. The van der Waals surface area contributed by atoms with Crippen LogP contribution in [-0.4, -0.2) is 24.4 Å². The molecule has 0 amide bonds. The van der Waals surface area contributed by atoms with Crippen molar-refractivity contribution in [1.29, 1.82) is 0 Å². The van der Waals surface area contributed by atoms with E-state index in [2.05, 4.69) is 0 Å². The van der Waals surface area contributed by atoms with Gasteiger partial charge in [0, 0.05) is 13.2 Å². The fourth-order valence-corrected chi connectivity index (χ4v) is 2.58. The molecule has 1 aliphatic carbocycles. The molecule has 1 aliphatic rings. The summed E-state index contributed by atoms with van der Waals surface area (Å²) in [4.78, 5) is 0. The minimum Gasteiger partial charge on any atom is -0.396 e. The van der Waals surface area contributed by atoms with Gasteiger partial charge in [-0.05, 0) is 25.7 Å². The zero-order valence-corrected chi connectivity index (χ0v) is 11.3. The van der Waals surface area contributed by atoms with Crippen LogP contribution in [0.5, 0.6) is 0 Å². The van der Waals surface area contributed by atoms with Crippen molar-refractivity contribution in [2.45, 2.75) is 83.2 Å². The van der Waals surface area contributed by atoms with Crippen LogP contribution in [-0.2, 0) is 4.74 Å². The van der Waals surface area contributed by atoms with Crippen LogP contribution in [0.15, 0.2) is 0 Å². The van der Waals surface area contributed by atoms with E-state index >= 15 is 0 Å². The average Bonchev–Trinajstić information content (AvgIpc) is 2.38. The van der Waals surface area contributed by atoms with Gasteiger partial charge in [0.25, 0.3) is 0 Å². The molecule has 1 rings (SSSR count). The van der Waals surface area contributed by atoms with E-state index in [9.17, 15) is 0 Å². The van der Waals surface area contributed by atoms with Crippen molar-refractivity contribution in [2.24, 2.45) is 0 Å². The third kappa shape index (κ3) is 8.62. The molecule has 0 aliphatic heterocycles. The second-order valence-electron chi connectivity index (χ2n) is 5.33. The van der Waals surface area contributed by atoms with Gasteiger partial charge in [0.2, 0.25) is 0 Å². The molecule has 0 aromatic rings. The Labute approximate surface area is 107 Å². The number of hydrogen-bond acceptors (Lipinski definition) is 2. The number of rotatable bonds is 10. The van der Waals surface area contributed by atoms with Gasteiger partial charge >= 0.3 is 0 Å². The van der Waals surface area contributed by atoms with Gasteiger partial charge in [-0.25, -0.2) is 0 Å². The first kappa shape index (κ1) is 15.0. The summed E-state index contributed by atoms with van der Waals surface area (Å²) in [5.41, 5.74) is 0. The summed E-state index contributed by atoms with van der Waals surface area (Å²) in [6.45, 7) is 1.33. The molecule has 0 atom stereocenters. The van der Waals surface area contributed by atoms with Gasteiger partial charge in [-0.1, -0.05) is 51.4 Å². The Morgan fingerprint density at radius 3 is 2.00 bits per heavy atom. The summed E-state index contributed by atoms with van der Waals surface area (Å²) >= 11 is 0. The Balaban J connectivity index is 1.75. The molecule has 0 aromatic heterocycles. The van der Waals surface area contributed by atoms with Crippen LogP contribution in [0.2, 0.25) is 0 Å². The Kier molecular flexibility index (Phi) is 9.72. The highest BCUT2D eigenvalue weighted by atomic mass is 16.5. The fourth-order valence-electron chi connectivity index (χ4n) is 2.58. The van der Waals surface area contributed by atoms with Crippen molar-refractivity contribution in [3.8, 4) is 0 Å². The van der Waals surface area contributed by atoms with Crippen molar-refractivity contribution >= 4 is 0 Å². The van der Waals surface area contributed by atoms with E-state index < -0.39 is 0 Å². The van der Waals surface area contributed by atoms with Crippen molar-refractivity contribution in [3.63, 3.8) is 0 Å². The van der Waals surface area contributed by atoms with Crippen LogP contribution in [0.1, 0.15) is 77.0 Å². The van der Waals surface area contributed by atoms with E-state index in [0.717, 1.165) is 13.0 Å². The molecule has 1 saturated carbocycles. The summed E-state index contributed by atoms with van der Waals surface area (Å²) in [7, 11) is 0. The highest BCUT2D eigenvalue weighted by Crippen LogP contribution is 2.20. The molecule has 2 nitrogen and oxygen atoms in total. The third-order valence-electron chi connectivity index (χ3n) is 3.71. The zero-order chi connectivity index (χ0) is 12.2. The maximum Gasteiger partial charge on any atom is 0.0575 e. The first-order valence-corrected chi connectivity index (χ1v) is 7.66. The van der Waals surface area contributed by atoms with Crippen LogP contribution in [0.25, 0.3) is 0 Å². The Bertz CT molecular complexity index is 153. The van der Waals surface area contributed by atoms with Gasteiger partial charge in [-0.2, -0.15) is 0 Å². The molecule has 17 heavy (non-hydrogen) atoms. The van der Waals surface area contributed by atoms with E-state index in [0.29, 0.717) is 12.7 Å². The van der Waals surface area contributed by atoms with E-state index in [1.165, 1.54) is 70.6 Å². The quantitative estimate of drug-likeness (QED) is 0.585. The van der Waals surface area contributed by atoms with Crippen molar-refractivity contribution in [2.75, 3.05) is 13.2 Å². The monoisotopic (exact) mass is 242 g/mol. The third-order valence-corrected chi connectivity index (χ3v) is 3.71. The van der Waals surface area contributed by atoms with E-state index in [-0.39, 0.29) is 0 Å². The lowest BCUT2D eigenvalue weighted by Gasteiger charge is -2.21. The molecule has 0 radical (unpaired) electrons. The number of aliphatic hydroxyl groups is 1. The Morgan fingerprint density at radius 1 is 0.765 bits per heavy atom. The average molecular weight is 242 g/mol. The molecule has 0 aromatic carbocycles. The lowest BCUT2D eigenvalue weighted by atomic mass is 9.98. The largest absolute Gasteiger partial charge is 0.396 e. The van der Waals surface area contributed by atoms with E-state index in [1.54, 1.807) is 0 Å². The predicted octanol–water partition coefficient (Wildman–Crippen LogP) is 4.06. The lowest BCUT2D eigenvalue weighted by molar-refractivity contribution is 0.0263. The molecule has 1 N–H and O–H groups in total. The van der Waals surface area contributed by atoms with Crippen molar-refractivity contribution in [1.82, 2.24) is 0 Å². The van der Waals surface area contributed by atoms with Crippen LogP contribution >= 0.6 is 0 Å². The molecule has 0 spiro atoms. The van der Waals surface area contributed by atoms with Gasteiger partial charge in [0.1, 0.15) is 0 Å². The van der Waals surface area contributed by atoms with Gasteiger partial charge < -0.3 is 9.84 Å². The summed E-state index contributed by atoms with van der Waals surface area (Å²) < 4.78 is 5.89. The van der Waals surface area contributed by atoms with Gasteiger partial charge in [0.15, 0.2) is 0 Å². The molecule has 1 fully saturated rings. The minimum atomic E-state index is 0.356. The summed E-state index contributed by atoms with van der Waals surface area (Å²) in [5.74, 6) is 0. The molecule has 0 bridgehead atoms. The minimum absolute atomic E-state index is 0.356. The maximum atomic E-state index is 8.65. The summed E-state index contributed by atoms with van der Waals surface area (Å²) in [5, 5.41) is 8.65. The lowest BCUT2D eigenvalue weighted by Crippen LogP contribution is -2.17. The number of unbranched alkanes of at least 4 members (excludes halogenated alkanes) is 6. The number of hydrogen-bond donors (Lipinski definition) is 1. The van der Waals surface area contributed by atoms with Crippen LogP contribution in [0.4, 0.5) is 0 Å². The SMILES string of the molecule is OCCCCCCCCCOC1CCCCC1. The standard InChI is InChI=1S/C15H30O2/c16-13-9-4-2-1-3-5-10-14-17-15-11-7-6-8-12-15/h15-16H,1-14H2. The van der Waals surface area contributed by atoms with Crippen LogP contribution in [0, 0.1) is 0 Å². The topological polar surface area (TPSA) is 29.5 Å². The maximum absolute atomic E-state index is 8.65. The molecule has 102 valence electrons. The Morgan fingerprint density at radius 2 is 1.35 bits per heavy atom. The number of ether oxygens (including phenoxy) is 1. The summed E-state index contributed by atoms with van der Waals surface area (Å²) in [6.07, 6.45) is 16.0. The highest BCUT2D eigenvalue weighted by molar-refractivity contribution is 4.64. The normalized spacial score (nSPS) is 17.5. The molecule has 0 saturated heterocycles. The van der Waals surface area contributed by atoms with E-state index in [4.69, 9.17) is 9.84 Å². The smallest absolute Gasteiger partial charge is 0.0575 e. The van der Waals surface area contributed by atoms with Crippen molar-refractivity contribution in [3.05, 3.63) is 0 Å². The molecule has 0 heterocycles. The van der Waals surface area contributed by atoms with E-state index in [1.807, 2.05) is 0 Å².